The number of benzene rings is 1. The van der Waals surface area contributed by atoms with Gasteiger partial charge in [-0.25, -0.2) is 4.79 Å². The van der Waals surface area contributed by atoms with E-state index >= 15 is 0 Å². The second kappa shape index (κ2) is 3.93. The lowest BCUT2D eigenvalue weighted by molar-refractivity contribution is 0.0526. The highest BCUT2D eigenvalue weighted by Gasteiger charge is 2.18. The molecule has 15 heavy (non-hydrogen) atoms. The van der Waals surface area contributed by atoms with E-state index in [1.54, 1.807) is 0 Å². The molecule has 1 heterocycles. The van der Waals surface area contributed by atoms with Crippen molar-refractivity contribution in [1.82, 2.24) is 0 Å². The van der Waals surface area contributed by atoms with E-state index in [-0.39, 0.29) is 5.97 Å². The summed E-state index contributed by atoms with van der Waals surface area (Å²) < 4.78 is 4.96. The Labute approximate surface area is 89.4 Å². The minimum Gasteiger partial charge on any atom is -0.462 e. The Morgan fingerprint density at radius 1 is 1.60 bits per heavy atom. The summed E-state index contributed by atoms with van der Waals surface area (Å²) in [6.45, 7) is 4.36. The third-order valence-electron chi connectivity index (χ3n) is 2.54. The molecule has 2 rings (SSSR count). The first-order valence-corrected chi connectivity index (χ1v) is 5.27. The van der Waals surface area contributed by atoms with Crippen molar-refractivity contribution in [2.45, 2.75) is 26.3 Å². The van der Waals surface area contributed by atoms with Crippen molar-refractivity contribution in [2.24, 2.45) is 0 Å². The van der Waals surface area contributed by atoms with E-state index in [2.05, 4.69) is 12.2 Å². The summed E-state index contributed by atoms with van der Waals surface area (Å²) in [5.74, 6) is -0.236. The third-order valence-corrected chi connectivity index (χ3v) is 2.54. The average Bonchev–Trinajstić information content (AvgIpc) is 2.57. The summed E-state index contributed by atoms with van der Waals surface area (Å²) in [6, 6.07) is 6.13. The molecule has 1 atom stereocenters. The van der Waals surface area contributed by atoms with Crippen LogP contribution in [0.3, 0.4) is 0 Å². The number of anilines is 1. The molecule has 0 unspecified atom stereocenters. The molecule has 1 N–H and O–H groups in total. The van der Waals surface area contributed by atoms with Crippen molar-refractivity contribution >= 4 is 11.7 Å². The summed E-state index contributed by atoms with van der Waals surface area (Å²) >= 11 is 0. The first-order chi connectivity index (χ1) is 7.20. The zero-order valence-electron chi connectivity index (χ0n) is 9.04. The largest absolute Gasteiger partial charge is 0.462 e. The van der Waals surface area contributed by atoms with Crippen molar-refractivity contribution < 1.29 is 9.53 Å². The minimum absolute atomic E-state index is 0.236. The van der Waals surface area contributed by atoms with E-state index in [0.29, 0.717) is 18.2 Å². The number of carbonyl (C=O) groups excluding carboxylic acids is 1. The van der Waals surface area contributed by atoms with Gasteiger partial charge < -0.3 is 10.1 Å². The lowest BCUT2D eigenvalue weighted by atomic mass is 10.1. The van der Waals surface area contributed by atoms with Crippen LogP contribution in [0.1, 0.15) is 29.8 Å². The Hall–Kier alpha value is -1.51. The number of esters is 1. The number of hydrogen-bond donors (Lipinski definition) is 1. The number of rotatable bonds is 2. The summed E-state index contributed by atoms with van der Waals surface area (Å²) in [4.78, 5) is 11.5. The molecule has 0 aliphatic carbocycles. The van der Waals surface area contributed by atoms with E-state index in [1.165, 1.54) is 5.56 Å². The van der Waals surface area contributed by atoms with E-state index < -0.39 is 0 Å². The fraction of sp³-hybridized carbons (Fsp3) is 0.417. The van der Waals surface area contributed by atoms with Gasteiger partial charge in [-0.3, -0.25) is 0 Å². The van der Waals surface area contributed by atoms with Gasteiger partial charge in [0, 0.05) is 11.7 Å². The molecule has 0 aromatic heterocycles. The zero-order valence-corrected chi connectivity index (χ0v) is 9.04. The van der Waals surface area contributed by atoms with Crippen LogP contribution in [0.4, 0.5) is 5.69 Å². The van der Waals surface area contributed by atoms with Gasteiger partial charge >= 0.3 is 5.97 Å². The molecule has 80 valence electrons. The lowest BCUT2D eigenvalue weighted by Crippen LogP contribution is -2.08. The number of ether oxygens (including phenoxy) is 1. The van der Waals surface area contributed by atoms with Crippen molar-refractivity contribution in [3.05, 3.63) is 29.3 Å². The molecule has 0 spiro atoms. The molecule has 1 aromatic rings. The second-order valence-electron chi connectivity index (χ2n) is 3.84. The van der Waals surface area contributed by atoms with Crippen LogP contribution in [-0.2, 0) is 11.2 Å². The molecular weight excluding hydrogens is 190 g/mol. The van der Waals surface area contributed by atoms with Gasteiger partial charge in [0.2, 0.25) is 0 Å². The Kier molecular flexibility index (Phi) is 2.62. The maximum absolute atomic E-state index is 11.5. The van der Waals surface area contributed by atoms with Gasteiger partial charge in [0.15, 0.2) is 0 Å². The van der Waals surface area contributed by atoms with Crippen LogP contribution in [0.5, 0.6) is 0 Å². The number of fused-ring (bicyclic) bond motifs is 1. The topological polar surface area (TPSA) is 38.3 Å². The number of hydrogen-bond acceptors (Lipinski definition) is 3. The van der Waals surface area contributed by atoms with E-state index in [4.69, 9.17) is 4.74 Å². The highest BCUT2D eigenvalue weighted by molar-refractivity contribution is 5.90. The normalized spacial score (nSPS) is 18.1. The van der Waals surface area contributed by atoms with E-state index in [1.807, 2.05) is 25.1 Å². The van der Waals surface area contributed by atoms with Gasteiger partial charge in [-0.15, -0.1) is 0 Å². The van der Waals surface area contributed by atoms with E-state index in [0.717, 1.165) is 12.1 Å². The number of carbonyl (C=O) groups is 1. The Morgan fingerprint density at radius 3 is 3.13 bits per heavy atom. The van der Waals surface area contributed by atoms with Crippen LogP contribution in [0, 0.1) is 0 Å². The van der Waals surface area contributed by atoms with Crippen LogP contribution in [-0.4, -0.2) is 18.6 Å². The van der Waals surface area contributed by atoms with Crippen molar-refractivity contribution in [1.29, 1.82) is 0 Å². The van der Waals surface area contributed by atoms with Gasteiger partial charge in [0.25, 0.3) is 0 Å². The third kappa shape index (κ3) is 1.96. The smallest absolute Gasteiger partial charge is 0.338 e. The molecule has 1 aromatic carbocycles. The summed E-state index contributed by atoms with van der Waals surface area (Å²) in [7, 11) is 0. The Bertz CT molecular complexity index is 387. The van der Waals surface area contributed by atoms with Crippen molar-refractivity contribution in [3.8, 4) is 0 Å². The first-order valence-electron chi connectivity index (χ1n) is 5.27. The lowest BCUT2D eigenvalue weighted by Gasteiger charge is -2.04. The summed E-state index contributed by atoms with van der Waals surface area (Å²) in [6.07, 6.45) is 0.975. The molecule has 0 amide bonds. The molecule has 1 aliphatic rings. The predicted molar refractivity (Wildman–Crippen MR) is 59.2 cm³/mol. The van der Waals surface area contributed by atoms with Gasteiger partial charge in [-0.2, -0.15) is 0 Å². The first kappa shape index (κ1) is 10.0. The SMILES string of the molecule is CCOC(=O)c1ccc2c(c1)C[C@H](C)N2. The molecule has 3 nitrogen and oxygen atoms in total. The minimum atomic E-state index is -0.236. The van der Waals surface area contributed by atoms with Gasteiger partial charge in [0.05, 0.1) is 12.2 Å². The van der Waals surface area contributed by atoms with Gasteiger partial charge in [-0.1, -0.05) is 0 Å². The molecule has 0 saturated heterocycles. The van der Waals surface area contributed by atoms with Crippen molar-refractivity contribution in [2.75, 3.05) is 11.9 Å². The van der Waals surface area contributed by atoms with Crippen LogP contribution < -0.4 is 5.32 Å². The summed E-state index contributed by atoms with van der Waals surface area (Å²) in [5.41, 5.74) is 2.98. The molecule has 0 fully saturated rings. The van der Waals surface area contributed by atoms with Crippen LogP contribution >= 0.6 is 0 Å². The fourth-order valence-electron chi connectivity index (χ4n) is 1.89. The highest BCUT2D eigenvalue weighted by atomic mass is 16.5. The van der Waals surface area contributed by atoms with Crippen molar-refractivity contribution in [3.63, 3.8) is 0 Å². The molecule has 3 heteroatoms. The standard InChI is InChI=1S/C12H15NO2/c1-3-15-12(14)9-4-5-11-10(7-9)6-8(2)13-11/h4-5,7-8,13H,3,6H2,1-2H3/t8-/m0/s1. The monoisotopic (exact) mass is 205 g/mol. The van der Waals surface area contributed by atoms with Crippen LogP contribution in [0.2, 0.25) is 0 Å². The Morgan fingerprint density at radius 2 is 2.40 bits per heavy atom. The molecule has 0 saturated carbocycles. The fourth-order valence-corrected chi connectivity index (χ4v) is 1.89. The molecular formula is C12H15NO2. The molecule has 1 aliphatic heterocycles. The highest BCUT2D eigenvalue weighted by Crippen LogP contribution is 2.26. The van der Waals surface area contributed by atoms with Gasteiger partial charge in [0.1, 0.15) is 0 Å². The predicted octanol–water partition coefficient (Wildman–Crippen LogP) is 2.22. The van der Waals surface area contributed by atoms with Gasteiger partial charge in [-0.05, 0) is 44.0 Å². The molecule has 0 bridgehead atoms. The second-order valence-corrected chi connectivity index (χ2v) is 3.84. The van der Waals surface area contributed by atoms with Crippen LogP contribution in [0.15, 0.2) is 18.2 Å². The Balaban J connectivity index is 2.23. The quantitative estimate of drug-likeness (QED) is 0.752. The zero-order chi connectivity index (χ0) is 10.8. The van der Waals surface area contributed by atoms with Crippen LogP contribution in [0.25, 0.3) is 0 Å². The maximum Gasteiger partial charge on any atom is 0.338 e. The molecule has 0 radical (unpaired) electrons. The average molecular weight is 205 g/mol. The van der Waals surface area contributed by atoms with E-state index in [9.17, 15) is 4.79 Å². The maximum atomic E-state index is 11.5. The summed E-state index contributed by atoms with van der Waals surface area (Å²) in [5, 5.41) is 3.34. The number of nitrogens with one attached hydrogen (secondary N) is 1.